The van der Waals surface area contributed by atoms with Gasteiger partial charge in [0.15, 0.2) is 16.6 Å². The number of carboxylic acid groups (broad SMARTS) is 1. The van der Waals surface area contributed by atoms with Gasteiger partial charge in [-0.25, -0.2) is 18.4 Å². The fraction of sp³-hybridized carbons (Fsp3) is 0.381. The predicted octanol–water partition coefficient (Wildman–Crippen LogP) is 2.13. The number of hydrogen-bond donors (Lipinski definition) is 1. The van der Waals surface area contributed by atoms with Crippen molar-refractivity contribution in [3.63, 3.8) is 0 Å². The van der Waals surface area contributed by atoms with Gasteiger partial charge in [0.1, 0.15) is 11.9 Å². The van der Waals surface area contributed by atoms with E-state index in [4.69, 9.17) is 0 Å². The Morgan fingerprint density at radius 3 is 2.48 bits per heavy atom. The Labute approximate surface area is 194 Å². The largest absolute Gasteiger partial charge is 0.480 e. The summed E-state index contributed by atoms with van der Waals surface area (Å²) in [4.78, 5) is 38.8. The molecule has 33 heavy (non-hydrogen) atoms. The van der Waals surface area contributed by atoms with Crippen molar-refractivity contribution in [1.29, 1.82) is 0 Å². The second kappa shape index (κ2) is 8.12. The van der Waals surface area contributed by atoms with Gasteiger partial charge in [0.05, 0.1) is 15.8 Å². The lowest BCUT2D eigenvalue weighted by molar-refractivity contribution is -0.141. The number of ketones is 1. The predicted molar refractivity (Wildman–Crippen MR) is 121 cm³/mol. The number of aromatic nitrogens is 3. The molecule has 12 heteroatoms. The minimum absolute atomic E-state index is 0.0112. The fourth-order valence-corrected chi connectivity index (χ4v) is 6.31. The van der Waals surface area contributed by atoms with Crippen molar-refractivity contribution in [2.24, 2.45) is 0 Å². The van der Waals surface area contributed by atoms with E-state index in [-0.39, 0.29) is 30.3 Å². The minimum atomic E-state index is -4.06. The Morgan fingerprint density at radius 2 is 1.85 bits per heavy atom. The molecule has 2 aliphatic rings. The Kier molecular flexibility index (Phi) is 5.38. The van der Waals surface area contributed by atoms with Crippen LogP contribution < -0.4 is 4.90 Å². The number of hydrogen-bond acceptors (Lipinski definition) is 9. The van der Waals surface area contributed by atoms with Crippen LogP contribution in [0.15, 0.2) is 35.4 Å². The van der Waals surface area contributed by atoms with Gasteiger partial charge in [-0.15, -0.1) is 0 Å². The topological polar surface area (TPSA) is 134 Å². The summed E-state index contributed by atoms with van der Waals surface area (Å²) in [7, 11) is -4.06. The van der Waals surface area contributed by atoms with Crippen molar-refractivity contribution in [3.05, 3.63) is 41.9 Å². The molecule has 1 saturated carbocycles. The zero-order chi connectivity index (χ0) is 23.3. The highest BCUT2D eigenvalue weighted by molar-refractivity contribution is 7.89. The third kappa shape index (κ3) is 4.09. The summed E-state index contributed by atoms with van der Waals surface area (Å²) >= 11 is 1.36. The molecule has 1 saturated heterocycles. The third-order valence-electron chi connectivity index (χ3n) is 5.85. The molecule has 0 amide bonds. The molecule has 2 fully saturated rings. The van der Waals surface area contributed by atoms with Crippen molar-refractivity contribution < 1.29 is 23.1 Å². The Balaban J connectivity index is 1.40. The number of carbonyl (C=O) groups excluding carboxylic acids is 1. The van der Waals surface area contributed by atoms with E-state index in [0.717, 1.165) is 27.7 Å². The molecule has 172 valence electrons. The maximum Gasteiger partial charge on any atom is 0.323 e. The number of carbonyl (C=O) groups is 2. The van der Waals surface area contributed by atoms with Crippen molar-refractivity contribution in [3.8, 4) is 0 Å². The van der Waals surface area contributed by atoms with Gasteiger partial charge in [-0.05, 0) is 31.9 Å². The average molecular weight is 488 g/mol. The van der Waals surface area contributed by atoms with Gasteiger partial charge >= 0.3 is 5.97 Å². The standard InChI is InChI=1S/C21H21N5O5S2/c1-12(27)13-4-6-15(7-5-13)33(30,31)26-9-8-25(11-16(26)20(28)29)21-24-19-17(32-21)10-22-18(23-19)14-2-3-14/h4-7,10,14,16H,2-3,8-9,11H2,1H3,(H,28,29)/t16-/m1/s1. The number of fused-ring (bicyclic) bond motifs is 1. The van der Waals surface area contributed by atoms with Crippen molar-refractivity contribution in [1.82, 2.24) is 19.3 Å². The SMILES string of the molecule is CC(=O)c1ccc(S(=O)(=O)N2CCN(c3nc4nc(C5CC5)ncc4s3)C[C@@H]2C(=O)O)cc1. The molecule has 0 spiro atoms. The van der Waals surface area contributed by atoms with Crippen LogP contribution in [0, 0.1) is 0 Å². The Hall–Kier alpha value is -2.96. The summed E-state index contributed by atoms with van der Waals surface area (Å²) in [5.74, 6) is -0.232. The molecule has 0 unspecified atom stereocenters. The molecule has 0 radical (unpaired) electrons. The van der Waals surface area contributed by atoms with Crippen molar-refractivity contribution in [2.45, 2.75) is 36.6 Å². The molecular formula is C21H21N5O5S2. The zero-order valence-electron chi connectivity index (χ0n) is 17.7. The van der Waals surface area contributed by atoms with Crippen LogP contribution in [0.1, 0.15) is 41.9 Å². The first-order valence-corrected chi connectivity index (χ1v) is 12.7. The normalized spacial score (nSPS) is 19.7. The molecule has 10 nitrogen and oxygen atoms in total. The van der Waals surface area contributed by atoms with E-state index in [1.54, 1.807) is 11.1 Å². The van der Waals surface area contributed by atoms with E-state index in [1.807, 2.05) is 0 Å². The van der Waals surface area contributed by atoms with Gasteiger partial charge in [-0.2, -0.15) is 9.29 Å². The molecule has 1 aliphatic heterocycles. The highest BCUT2D eigenvalue weighted by atomic mass is 32.2. The first kappa shape index (κ1) is 21.9. The second-order valence-corrected chi connectivity index (χ2v) is 11.1. The number of piperazine rings is 1. The first-order chi connectivity index (χ1) is 15.7. The average Bonchev–Trinajstić information content (AvgIpc) is 3.57. The van der Waals surface area contributed by atoms with Gasteiger partial charge < -0.3 is 10.0 Å². The maximum atomic E-state index is 13.2. The number of benzene rings is 1. The lowest BCUT2D eigenvalue weighted by Crippen LogP contribution is -2.58. The molecular weight excluding hydrogens is 466 g/mol. The van der Waals surface area contributed by atoms with Crippen LogP contribution in [0.3, 0.4) is 0 Å². The summed E-state index contributed by atoms with van der Waals surface area (Å²) in [5.41, 5.74) is 0.969. The maximum absolute atomic E-state index is 13.2. The molecule has 2 aromatic heterocycles. The van der Waals surface area contributed by atoms with Crippen LogP contribution in [0.2, 0.25) is 0 Å². The molecule has 0 bridgehead atoms. The third-order valence-corrected chi connectivity index (χ3v) is 8.82. The van der Waals surface area contributed by atoms with E-state index >= 15 is 0 Å². The minimum Gasteiger partial charge on any atom is -0.480 e. The first-order valence-electron chi connectivity index (χ1n) is 10.5. The van der Waals surface area contributed by atoms with Gasteiger partial charge in [0.25, 0.3) is 0 Å². The molecule has 3 aromatic rings. The summed E-state index contributed by atoms with van der Waals surface area (Å²) in [6.45, 7) is 1.63. The lowest BCUT2D eigenvalue weighted by atomic mass is 10.2. The second-order valence-electron chi connectivity index (χ2n) is 8.18. The molecule has 1 aliphatic carbocycles. The molecule has 5 rings (SSSR count). The molecule has 1 atom stereocenters. The molecule has 1 aromatic carbocycles. The number of Topliss-reactive ketones (excluding diaryl/α,β-unsaturated/α-hetero) is 1. The van der Waals surface area contributed by atoms with Crippen LogP contribution in [0.4, 0.5) is 5.13 Å². The smallest absolute Gasteiger partial charge is 0.323 e. The van der Waals surface area contributed by atoms with Crippen molar-refractivity contribution in [2.75, 3.05) is 24.5 Å². The van der Waals surface area contributed by atoms with E-state index in [0.29, 0.717) is 22.3 Å². The monoisotopic (exact) mass is 487 g/mol. The van der Waals surface area contributed by atoms with E-state index < -0.39 is 22.0 Å². The number of anilines is 1. The highest BCUT2D eigenvalue weighted by Gasteiger charge is 2.41. The Bertz CT molecular complexity index is 1350. The van der Waals surface area contributed by atoms with Gasteiger partial charge in [0.2, 0.25) is 10.0 Å². The van der Waals surface area contributed by atoms with Crippen LogP contribution in [-0.4, -0.2) is 70.2 Å². The number of rotatable bonds is 6. The number of nitrogens with zero attached hydrogens (tertiary/aromatic N) is 5. The van der Waals surface area contributed by atoms with Crippen LogP contribution in [0.25, 0.3) is 10.3 Å². The molecule has 3 heterocycles. The highest BCUT2D eigenvalue weighted by Crippen LogP contribution is 2.39. The summed E-state index contributed by atoms with van der Waals surface area (Å²) in [6.07, 6.45) is 3.91. The number of aliphatic carboxylic acids is 1. The van der Waals surface area contributed by atoms with Gasteiger partial charge in [-0.1, -0.05) is 23.5 Å². The molecule has 1 N–H and O–H groups in total. The summed E-state index contributed by atoms with van der Waals surface area (Å²) in [5, 5.41) is 10.4. The van der Waals surface area contributed by atoms with Crippen LogP contribution in [-0.2, 0) is 14.8 Å². The van der Waals surface area contributed by atoms with Crippen LogP contribution in [0.5, 0.6) is 0 Å². The summed E-state index contributed by atoms with van der Waals surface area (Å²) < 4.78 is 28.2. The van der Waals surface area contributed by atoms with E-state index in [2.05, 4.69) is 15.0 Å². The van der Waals surface area contributed by atoms with E-state index in [9.17, 15) is 23.1 Å². The number of carboxylic acids is 1. The number of thiazole rings is 1. The van der Waals surface area contributed by atoms with Crippen molar-refractivity contribution >= 4 is 48.6 Å². The Morgan fingerprint density at radius 1 is 1.12 bits per heavy atom. The fourth-order valence-electron chi connectivity index (χ4n) is 3.84. The van der Waals surface area contributed by atoms with Gasteiger partial charge in [-0.3, -0.25) is 9.59 Å². The zero-order valence-corrected chi connectivity index (χ0v) is 19.3. The van der Waals surface area contributed by atoms with Gasteiger partial charge in [0, 0.05) is 31.1 Å². The van der Waals surface area contributed by atoms with Crippen LogP contribution >= 0.6 is 11.3 Å². The number of sulfonamides is 1. The van der Waals surface area contributed by atoms with E-state index in [1.165, 1.54) is 42.5 Å². The lowest BCUT2D eigenvalue weighted by Gasteiger charge is -2.38. The quantitative estimate of drug-likeness (QED) is 0.519. The summed E-state index contributed by atoms with van der Waals surface area (Å²) in [6, 6.07) is 4.25.